The quantitative estimate of drug-likeness (QED) is 0.623. The summed E-state index contributed by atoms with van der Waals surface area (Å²) in [4.78, 5) is 12.9. The summed E-state index contributed by atoms with van der Waals surface area (Å²) in [6, 6.07) is 24.0. The molecule has 0 spiro atoms. The van der Waals surface area contributed by atoms with Crippen molar-refractivity contribution in [3.63, 3.8) is 0 Å². The van der Waals surface area contributed by atoms with Gasteiger partial charge in [-0.25, -0.2) is 8.42 Å². The Balaban J connectivity index is 1.48. The van der Waals surface area contributed by atoms with Crippen LogP contribution in [0.4, 0.5) is 0 Å². The fourth-order valence-corrected chi connectivity index (χ4v) is 5.31. The summed E-state index contributed by atoms with van der Waals surface area (Å²) in [5, 5.41) is 2.94. The van der Waals surface area contributed by atoms with Gasteiger partial charge in [0.05, 0.1) is 4.90 Å². The first-order valence-electron chi connectivity index (χ1n) is 10.6. The van der Waals surface area contributed by atoms with Crippen molar-refractivity contribution in [1.82, 2.24) is 9.62 Å². The highest BCUT2D eigenvalue weighted by Gasteiger charge is 2.25. The Morgan fingerprint density at radius 3 is 2.23 bits per heavy atom. The zero-order valence-electron chi connectivity index (χ0n) is 17.3. The fourth-order valence-electron chi connectivity index (χ4n) is 3.79. The Hall–Kier alpha value is -2.96. The second-order valence-electron chi connectivity index (χ2n) is 7.74. The zero-order chi connectivity index (χ0) is 21.7. The molecule has 1 heterocycles. The molecule has 1 saturated heterocycles. The van der Waals surface area contributed by atoms with E-state index in [2.05, 4.69) is 5.32 Å². The Morgan fingerprint density at radius 2 is 1.52 bits per heavy atom. The van der Waals surface area contributed by atoms with Crippen molar-refractivity contribution in [2.45, 2.75) is 30.7 Å². The zero-order valence-corrected chi connectivity index (χ0v) is 18.1. The van der Waals surface area contributed by atoms with Gasteiger partial charge in [-0.15, -0.1) is 0 Å². The van der Waals surface area contributed by atoms with Gasteiger partial charge in [-0.2, -0.15) is 4.31 Å². The van der Waals surface area contributed by atoms with Crippen LogP contribution in [0.15, 0.2) is 83.8 Å². The molecular formula is C25H26N2O3S. The molecule has 1 amide bonds. The molecule has 4 rings (SSSR count). The number of piperidine rings is 1. The molecule has 0 aliphatic carbocycles. The maximum atomic E-state index is 12.8. The van der Waals surface area contributed by atoms with Crippen molar-refractivity contribution < 1.29 is 13.2 Å². The largest absolute Gasteiger partial charge is 0.348 e. The Kier molecular flexibility index (Phi) is 6.49. The molecule has 31 heavy (non-hydrogen) atoms. The van der Waals surface area contributed by atoms with Gasteiger partial charge >= 0.3 is 0 Å². The lowest BCUT2D eigenvalue weighted by atomic mass is 10.0. The second-order valence-corrected chi connectivity index (χ2v) is 9.68. The molecule has 0 atom stereocenters. The van der Waals surface area contributed by atoms with Gasteiger partial charge in [0, 0.05) is 25.2 Å². The average Bonchev–Trinajstić information content (AvgIpc) is 2.84. The standard InChI is InChI=1S/C25H26N2O3S/c28-25(26-19-20-8-3-1-4-9-20)23-11-7-10-22(18-23)21-12-14-24(15-13-21)31(29,30)27-16-5-2-6-17-27/h1,3-4,7-15,18H,2,5-6,16-17,19H2,(H,26,28). The summed E-state index contributed by atoms with van der Waals surface area (Å²) in [5.74, 6) is -0.144. The van der Waals surface area contributed by atoms with E-state index in [4.69, 9.17) is 0 Å². The smallest absolute Gasteiger partial charge is 0.251 e. The van der Waals surface area contributed by atoms with Gasteiger partial charge in [-0.3, -0.25) is 4.79 Å². The van der Waals surface area contributed by atoms with Gasteiger partial charge in [0.2, 0.25) is 10.0 Å². The molecule has 0 bridgehead atoms. The minimum atomic E-state index is -3.45. The number of sulfonamides is 1. The number of benzene rings is 3. The molecule has 5 nitrogen and oxygen atoms in total. The Bertz CT molecular complexity index is 1140. The number of carbonyl (C=O) groups excluding carboxylic acids is 1. The molecule has 6 heteroatoms. The third-order valence-electron chi connectivity index (χ3n) is 5.56. The summed E-state index contributed by atoms with van der Waals surface area (Å²) in [6.45, 7) is 1.64. The molecule has 0 radical (unpaired) electrons. The molecule has 3 aromatic rings. The van der Waals surface area contributed by atoms with Crippen molar-refractivity contribution in [2.75, 3.05) is 13.1 Å². The number of amides is 1. The van der Waals surface area contributed by atoms with E-state index in [1.165, 1.54) is 0 Å². The van der Waals surface area contributed by atoms with E-state index in [0.29, 0.717) is 30.1 Å². The molecule has 1 N–H and O–H groups in total. The Labute approximate surface area is 183 Å². The third-order valence-corrected chi connectivity index (χ3v) is 7.47. The van der Waals surface area contributed by atoms with Gasteiger partial charge in [0.25, 0.3) is 5.91 Å². The van der Waals surface area contributed by atoms with Crippen LogP contribution in [0.5, 0.6) is 0 Å². The van der Waals surface area contributed by atoms with E-state index in [0.717, 1.165) is 36.0 Å². The molecule has 1 aliphatic heterocycles. The number of nitrogens with one attached hydrogen (secondary N) is 1. The van der Waals surface area contributed by atoms with Crippen molar-refractivity contribution in [3.8, 4) is 11.1 Å². The van der Waals surface area contributed by atoms with Crippen molar-refractivity contribution >= 4 is 15.9 Å². The lowest BCUT2D eigenvalue weighted by Crippen LogP contribution is -2.35. The number of carbonyl (C=O) groups is 1. The Morgan fingerprint density at radius 1 is 0.806 bits per heavy atom. The van der Waals surface area contributed by atoms with Crippen LogP contribution in [0.25, 0.3) is 11.1 Å². The van der Waals surface area contributed by atoms with Crippen LogP contribution in [0.2, 0.25) is 0 Å². The number of hydrogen-bond acceptors (Lipinski definition) is 3. The van der Waals surface area contributed by atoms with Crippen LogP contribution < -0.4 is 5.32 Å². The highest BCUT2D eigenvalue weighted by molar-refractivity contribution is 7.89. The molecule has 0 unspecified atom stereocenters. The van der Waals surface area contributed by atoms with Gasteiger partial charge in [0.1, 0.15) is 0 Å². The maximum Gasteiger partial charge on any atom is 0.251 e. The minimum Gasteiger partial charge on any atom is -0.348 e. The van der Waals surface area contributed by atoms with Crippen LogP contribution in [0.3, 0.4) is 0 Å². The van der Waals surface area contributed by atoms with E-state index < -0.39 is 10.0 Å². The summed E-state index contributed by atoms with van der Waals surface area (Å²) < 4.78 is 27.3. The molecular weight excluding hydrogens is 408 g/mol. The summed E-state index contributed by atoms with van der Waals surface area (Å²) in [6.07, 6.45) is 2.91. The van der Waals surface area contributed by atoms with Gasteiger partial charge in [-0.1, -0.05) is 61.0 Å². The topological polar surface area (TPSA) is 66.5 Å². The molecule has 1 aliphatic rings. The predicted molar refractivity (Wildman–Crippen MR) is 122 cm³/mol. The monoisotopic (exact) mass is 434 g/mol. The van der Waals surface area contributed by atoms with E-state index in [1.54, 1.807) is 34.6 Å². The van der Waals surface area contributed by atoms with Crippen LogP contribution in [0.1, 0.15) is 35.2 Å². The third kappa shape index (κ3) is 5.03. The van der Waals surface area contributed by atoms with Gasteiger partial charge in [0.15, 0.2) is 0 Å². The predicted octanol–water partition coefficient (Wildman–Crippen LogP) is 4.46. The van der Waals surface area contributed by atoms with Crippen molar-refractivity contribution in [1.29, 1.82) is 0 Å². The van der Waals surface area contributed by atoms with Crippen molar-refractivity contribution in [3.05, 3.63) is 90.0 Å². The lowest BCUT2D eigenvalue weighted by Gasteiger charge is -2.25. The van der Waals surface area contributed by atoms with E-state index in [1.807, 2.05) is 48.5 Å². The normalized spacial score (nSPS) is 14.8. The van der Waals surface area contributed by atoms with Gasteiger partial charge < -0.3 is 5.32 Å². The van der Waals surface area contributed by atoms with E-state index >= 15 is 0 Å². The first-order chi connectivity index (χ1) is 15.0. The summed E-state index contributed by atoms with van der Waals surface area (Å²) >= 11 is 0. The van der Waals surface area contributed by atoms with E-state index in [9.17, 15) is 13.2 Å². The SMILES string of the molecule is O=C(NCc1ccccc1)c1cccc(-c2ccc(S(=O)(=O)N3CCCCC3)cc2)c1. The van der Waals surface area contributed by atoms with E-state index in [-0.39, 0.29) is 5.91 Å². The molecule has 160 valence electrons. The lowest BCUT2D eigenvalue weighted by molar-refractivity contribution is 0.0951. The van der Waals surface area contributed by atoms with Crippen LogP contribution >= 0.6 is 0 Å². The molecule has 1 fully saturated rings. The molecule has 3 aromatic carbocycles. The number of rotatable bonds is 6. The summed E-state index contributed by atoms with van der Waals surface area (Å²) in [7, 11) is -3.45. The van der Waals surface area contributed by atoms with Crippen LogP contribution in [-0.2, 0) is 16.6 Å². The highest BCUT2D eigenvalue weighted by atomic mass is 32.2. The van der Waals surface area contributed by atoms with Crippen LogP contribution in [0, 0.1) is 0 Å². The first-order valence-corrected chi connectivity index (χ1v) is 12.0. The second kappa shape index (κ2) is 9.45. The number of nitrogens with zero attached hydrogens (tertiary/aromatic N) is 1. The maximum absolute atomic E-state index is 12.8. The molecule has 0 saturated carbocycles. The van der Waals surface area contributed by atoms with Crippen LogP contribution in [-0.4, -0.2) is 31.7 Å². The van der Waals surface area contributed by atoms with Gasteiger partial charge in [-0.05, 0) is 53.8 Å². The highest BCUT2D eigenvalue weighted by Crippen LogP contribution is 2.25. The average molecular weight is 435 g/mol. The first kappa shape index (κ1) is 21.3. The fraction of sp³-hybridized carbons (Fsp3) is 0.240. The van der Waals surface area contributed by atoms with Crippen molar-refractivity contribution in [2.24, 2.45) is 0 Å². The number of hydrogen-bond donors (Lipinski definition) is 1. The summed E-state index contributed by atoms with van der Waals surface area (Å²) in [5.41, 5.74) is 3.35. The molecule has 0 aromatic heterocycles. The minimum absolute atomic E-state index is 0.144.